The van der Waals surface area contributed by atoms with E-state index in [0.29, 0.717) is 17.4 Å². The Bertz CT molecular complexity index is 366. The number of hydrogen-bond donors (Lipinski definition) is 0. The van der Waals surface area contributed by atoms with Gasteiger partial charge >= 0.3 is 0 Å². The molecular weight excluding hydrogens is 186 g/mol. The molecule has 0 amide bonds. The minimum absolute atomic E-state index is 0.317. The van der Waals surface area contributed by atoms with Crippen molar-refractivity contribution >= 4 is 9.84 Å². The molecule has 0 spiro atoms. The molecule has 1 atom stereocenters. The van der Waals surface area contributed by atoms with Crippen molar-refractivity contribution in [1.82, 2.24) is 4.57 Å². The lowest BCUT2D eigenvalue weighted by molar-refractivity contribution is 0.492. The zero-order valence-corrected chi connectivity index (χ0v) is 8.20. The third-order valence-corrected chi connectivity index (χ3v) is 4.30. The highest BCUT2D eigenvalue weighted by atomic mass is 32.2. The molecular formula is C9H13NO2S. The lowest BCUT2D eigenvalue weighted by Gasteiger charge is -2.07. The molecule has 2 heterocycles. The SMILES string of the molecule is O=S1(=O)CCC(Cn2cccc2)C1. The molecule has 1 saturated heterocycles. The molecule has 4 heteroatoms. The summed E-state index contributed by atoms with van der Waals surface area (Å²) in [6.07, 6.45) is 4.77. The molecule has 0 saturated carbocycles. The summed E-state index contributed by atoms with van der Waals surface area (Å²) >= 11 is 0. The van der Waals surface area contributed by atoms with E-state index in [1.165, 1.54) is 0 Å². The third kappa shape index (κ3) is 2.12. The quantitative estimate of drug-likeness (QED) is 0.710. The summed E-state index contributed by atoms with van der Waals surface area (Å²) in [6.45, 7) is 0.840. The highest BCUT2D eigenvalue weighted by Crippen LogP contribution is 2.19. The summed E-state index contributed by atoms with van der Waals surface area (Å²) in [5.74, 6) is 1.06. The van der Waals surface area contributed by atoms with Crippen LogP contribution in [-0.4, -0.2) is 24.5 Å². The van der Waals surface area contributed by atoms with Gasteiger partial charge in [0.25, 0.3) is 0 Å². The Kier molecular flexibility index (Phi) is 2.15. The average molecular weight is 199 g/mol. The minimum Gasteiger partial charge on any atom is -0.354 e. The topological polar surface area (TPSA) is 39.1 Å². The van der Waals surface area contributed by atoms with Crippen molar-refractivity contribution in [1.29, 1.82) is 0 Å². The van der Waals surface area contributed by atoms with Crippen LogP contribution in [0.1, 0.15) is 6.42 Å². The Hall–Kier alpha value is -0.770. The van der Waals surface area contributed by atoms with Crippen molar-refractivity contribution in [3.8, 4) is 0 Å². The lowest BCUT2D eigenvalue weighted by atomic mass is 10.1. The number of sulfone groups is 1. The van der Waals surface area contributed by atoms with E-state index in [1.807, 2.05) is 29.1 Å². The zero-order chi connectivity index (χ0) is 9.31. The first-order chi connectivity index (χ1) is 6.16. The molecule has 72 valence electrons. The maximum absolute atomic E-state index is 11.2. The number of rotatable bonds is 2. The molecule has 0 radical (unpaired) electrons. The molecule has 1 aromatic heterocycles. The molecule has 0 aliphatic carbocycles. The van der Waals surface area contributed by atoms with Crippen molar-refractivity contribution in [2.24, 2.45) is 5.92 Å². The van der Waals surface area contributed by atoms with Gasteiger partial charge in [-0.2, -0.15) is 0 Å². The Morgan fingerprint density at radius 1 is 1.31 bits per heavy atom. The van der Waals surface area contributed by atoms with Crippen LogP contribution >= 0.6 is 0 Å². The summed E-state index contributed by atoms with van der Waals surface area (Å²) in [4.78, 5) is 0. The van der Waals surface area contributed by atoms with Gasteiger partial charge < -0.3 is 4.57 Å². The molecule has 1 unspecified atom stereocenters. The van der Waals surface area contributed by atoms with E-state index >= 15 is 0 Å². The van der Waals surface area contributed by atoms with E-state index < -0.39 is 9.84 Å². The van der Waals surface area contributed by atoms with Crippen molar-refractivity contribution < 1.29 is 8.42 Å². The van der Waals surface area contributed by atoms with E-state index in [9.17, 15) is 8.42 Å². The van der Waals surface area contributed by atoms with Crippen molar-refractivity contribution in [2.75, 3.05) is 11.5 Å². The van der Waals surface area contributed by atoms with E-state index in [2.05, 4.69) is 0 Å². The Morgan fingerprint density at radius 3 is 2.54 bits per heavy atom. The standard InChI is InChI=1S/C9H13NO2S/c11-13(12)6-3-9(8-13)7-10-4-1-2-5-10/h1-2,4-5,9H,3,6-8H2. The Balaban J connectivity index is 1.99. The second kappa shape index (κ2) is 3.18. The fourth-order valence-electron chi connectivity index (χ4n) is 1.81. The van der Waals surface area contributed by atoms with E-state index in [-0.39, 0.29) is 0 Å². The number of aromatic nitrogens is 1. The highest BCUT2D eigenvalue weighted by Gasteiger charge is 2.27. The zero-order valence-electron chi connectivity index (χ0n) is 7.39. The number of hydrogen-bond acceptors (Lipinski definition) is 2. The first-order valence-corrected chi connectivity index (χ1v) is 6.29. The fraction of sp³-hybridized carbons (Fsp3) is 0.556. The summed E-state index contributed by atoms with van der Waals surface area (Å²) in [5.41, 5.74) is 0. The van der Waals surface area contributed by atoms with Crippen LogP contribution in [0.15, 0.2) is 24.5 Å². The van der Waals surface area contributed by atoms with Gasteiger partial charge in [0.1, 0.15) is 0 Å². The van der Waals surface area contributed by atoms with Gasteiger partial charge in [-0.15, -0.1) is 0 Å². The molecule has 0 bridgehead atoms. The van der Waals surface area contributed by atoms with Crippen LogP contribution in [-0.2, 0) is 16.4 Å². The van der Waals surface area contributed by atoms with Crippen LogP contribution in [0.3, 0.4) is 0 Å². The Labute approximate surface area is 78.3 Å². The van der Waals surface area contributed by atoms with Gasteiger partial charge in [0.05, 0.1) is 11.5 Å². The molecule has 2 rings (SSSR count). The van der Waals surface area contributed by atoms with Crippen LogP contribution in [0.25, 0.3) is 0 Å². The minimum atomic E-state index is -2.71. The molecule has 0 N–H and O–H groups in total. The van der Waals surface area contributed by atoms with Gasteiger partial charge in [0.15, 0.2) is 9.84 Å². The molecule has 1 aliphatic heterocycles. The van der Waals surface area contributed by atoms with Crippen LogP contribution in [0.4, 0.5) is 0 Å². The lowest BCUT2D eigenvalue weighted by Crippen LogP contribution is -2.11. The van der Waals surface area contributed by atoms with Gasteiger partial charge in [0.2, 0.25) is 0 Å². The summed E-state index contributed by atoms with van der Waals surface area (Å²) in [5, 5.41) is 0. The number of nitrogens with zero attached hydrogens (tertiary/aromatic N) is 1. The van der Waals surface area contributed by atoms with Gasteiger partial charge in [-0.1, -0.05) is 0 Å². The first kappa shape index (κ1) is 8.81. The largest absolute Gasteiger partial charge is 0.354 e. The van der Waals surface area contributed by atoms with Crippen LogP contribution < -0.4 is 0 Å². The maximum atomic E-state index is 11.2. The summed E-state index contributed by atoms with van der Waals surface area (Å²) < 4.78 is 24.4. The Morgan fingerprint density at radius 2 is 2.00 bits per heavy atom. The molecule has 1 aliphatic rings. The molecule has 0 aromatic carbocycles. The van der Waals surface area contributed by atoms with Crippen molar-refractivity contribution in [2.45, 2.75) is 13.0 Å². The first-order valence-electron chi connectivity index (χ1n) is 4.47. The second-order valence-electron chi connectivity index (χ2n) is 3.65. The third-order valence-electron chi connectivity index (χ3n) is 2.46. The summed E-state index contributed by atoms with van der Waals surface area (Å²) in [6, 6.07) is 3.92. The fourth-order valence-corrected chi connectivity index (χ4v) is 3.66. The van der Waals surface area contributed by atoms with Gasteiger partial charge in [0, 0.05) is 18.9 Å². The smallest absolute Gasteiger partial charge is 0.150 e. The van der Waals surface area contributed by atoms with Gasteiger partial charge in [-0.05, 0) is 24.5 Å². The highest BCUT2D eigenvalue weighted by molar-refractivity contribution is 7.91. The normalized spacial score (nSPS) is 26.3. The monoisotopic (exact) mass is 199 g/mol. The maximum Gasteiger partial charge on any atom is 0.150 e. The molecule has 1 fully saturated rings. The van der Waals surface area contributed by atoms with Crippen molar-refractivity contribution in [3.63, 3.8) is 0 Å². The van der Waals surface area contributed by atoms with Gasteiger partial charge in [-0.3, -0.25) is 0 Å². The predicted octanol–water partition coefficient (Wildman–Crippen LogP) is 0.923. The molecule has 13 heavy (non-hydrogen) atoms. The summed E-state index contributed by atoms with van der Waals surface area (Å²) in [7, 11) is -2.71. The van der Waals surface area contributed by atoms with E-state index in [4.69, 9.17) is 0 Å². The van der Waals surface area contributed by atoms with Gasteiger partial charge in [-0.25, -0.2) is 8.42 Å². The average Bonchev–Trinajstić information content (AvgIpc) is 2.61. The predicted molar refractivity (Wildman–Crippen MR) is 51.2 cm³/mol. The van der Waals surface area contributed by atoms with Crippen LogP contribution in [0.5, 0.6) is 0 Å². The van der Waals surface area contributed by atoms with Crippen LogP contribution in [0.2, 0.25) is 0 Å². The second-order valence-corrected chi connectivity index (χ2v) is 5.88. The molecule has 3 nitrogen and oxygen atoms in total. The van der Waals surface area contributed by atoms with E-state index in [0.717, 1.165) is 13.0 Å². The molecule has 1 aromatic rings. The van der Waals surface area contributed by atoms with E-state index in [1.54, 1.807) is 0 Å². The van der Waals surface area contributed by atoms with Crippen molar-refractivity contribution in [3.05, 3.63) is 24.5 Å². The van der Waals surface area contributed by atoms with Crippen LogP contribution in [0, 0.1) is 5.92 Å².